The molecular formula is C15H32N2. The van der Waals surface area contributed by atoms with E-state index in [0.29, 0.717) is 6.04 Å². The molecule has 2 nitrogen and oxygen atoms in total. The summed E-state index contributed by atoms with van der Waals surface area (Å²) in [5, 5.41) is 3.50. The van der Waals surface area contributed by atoms with E-state index in [2.05, 4.69) is 44.8 Å². The minimum absolute atomic E-state index is 0.627. The summed E-state index contributed by atoms with van der Waals surface area (Å²) in [5.41, 5.74) is 0. The van der Waals surface area contributed by atoms with Crippen LogP contribution in [0.2, 0.25) is 0 Å². The summed E-state index contributed by atoms with van der Waals surface area (Å²) in [6, 6.07) is 1.40. The van der Waals surface area contributed by atoms with E-state index in [0.717, 1.165) is 17.9 Å². The molecule has 1 heterocycles. The minimum Gasteiger partial charge on any atom is -0.315 e. The summed E-state index contributed by atoms with van der Waals surface area (Å²) >= 11 is 0. The van der Waals surface area contributed by atoms with Crippen LogP contribution in [0.25, 0.3) is 0 Å². The summed E-state index contributed by atoms with van der Waals surface area (Å²) in [6.07, 6.45) is 4.05. The van der Waals surface area contributed by atoms with Gasteiger partial charge >= 0.3 is 0 Å². The third-order valence-electron chi connectivity index (χ3n) is 4.17. The SMILES string of the molecule is CC(C)NCCCC(C)N1CCC(C(C)C)C1. The van der Waals surface area contributed by atoms with Gasteiger partial charge in [-0.2, -0.15) is 0 Å². The Balaban J connectivity index is 2.14. The second-order valence-electron chi connectivity index (χ2n) is 6.39. The van der Waals surface area contributed by atoms with Crippen LogP contribution in [0.15, 0.2) is 0 Å². The van der Waals surface area contributed by atoms with Crippen LogP contribution in [-0.4, -0.2) is 36.6 Å². The van der Waals surface area contributed by atoms with Crippen LogP contribution in [0.5, 0.6) is 0 Å². The van der Waals surface area contributed by atoms with Gasteiger partial charge in [-0.3, -0.25) is 0 Å². The Bertz CT molecular complexity index is 201. The summed E-state index contributed by atoms with van der Waals surface area (Å²) < 4.78 is 0. The molecule has 2 atom stereocenters. The normalized spacial score (nSPS) is 23.8. The van der Waals surface area contributed by atoms with Crippen LogP contribution in [-0.2, 0) is 0 Å². The monoisotopic (exact) mass is 240 g/mol. The Morgan fingerprint density at radius 2 is 1.88 bits per heavy atom. The molecule has 0 aromatic rings. The largest absolute Gasteiger partial charge is 0.315 e. The smallest absolute Gasteiger partial charge is 0.00675 e. The lowest BCUT2D eigenvalue weighted by Gasteiger charge is -2.25. The Kier molecular flexibility index (Phi) is 6.50. The second kappa shape index (κ2) is 7.38. The first-order valence-electron chi connectivity index (χ1n) is 7.48. The van der Waals surface area contributed by atoms with Crippen LogP contribution < -0.4 is 5.32 Å². The number of nitrogens with one attached hydrogen (secondary N) is 1. The predicted octanol–water partition coefficient (Wildman–Crippen LogP) is 3.13. The van der Waals surface area contributed by atoms with E-state index >= 15 is 0 Å². The molecule has 17 heavy (non-hydrogen) atoms. The third kappa shape index (κ3) is 5.39. The Morgan fingerprint density at radius 3 is 2.41 bits per heavy atom. The molecule has 0 bridgehead atoms. The van der Waals surface area contributed by atoms with Crippen molar-refractivity contribution in [1.29, 1.82) is 0 Å². The van der Waals surface area contributed by atoms with Crippen molar-refractivity contribution in [3.05, 3.63) is 0 Å². The van der Waals surface area contributed by atoms with Gasteiger partial charge in [-0.05, 0) is 51.1 Å². The molecule has 0 spiro atoms. The molecule has 102 valence electrons. The van der Waals surface area contributed by atoms with E-state index in [4.69, 9.17) is 0 Å². The molecule has 1 rings (SSSR count). The zero-order chi connectivity index (χ0) is 12.8. The highest BCUT2D eigenvalue weighted by Crippen LogP contribution is 2.25. The highest BCUT2D eigenvalue weighted by atomic mass is 15.2. The second-order valence-corrected chi connectivity index (χ2v) is 6.39. The Hall–Kier alpha value is -0.0800. The number of nitrogens with zero attached hydrogens (tertiary/aromatic N) is 1. The average Bonchev–Trinajstić information content (AvgIpc) is 2.73. The van der Waals surface area contributed by atoms with Crippen LogP contribution in [0, 0.1) is 11.8 Å². The minimum atomic E-state index is 0.627. The number of hydrogen-bond donors (Lipinski definition) is 1. The fourth-order valence-electron chi connectivity index (χ4n) is 2.73. The molecule has 1 fully saturated rings. The van der Waals surface area contributed by atoms with Crippen molar-refractivity contribution < 1.29 is 0 Å². The molecule has 1 aliphatic rings. The van der Waals surface area contributed by atoms with E-state index in [1.807, 2.05) is 0 Å². The van der Waals surface area contributed by atoms with E-state index < -0.39 is 0 Å². The zero-order valence-electron chi connectivity index (χ0n) is 12.5. The molecule has 1 aliphatic heterocycles. The van der Waals surface area contributed by atoms with Gasteiger partial charge in [0.15, 0.2) is 0 Å². The van der Waals surface area contributed by atoms with Crippen LogP contribution in [0.4, 0.5) is 0 Å². The third-order valence-corrected chi connectivity index (χ3v) is 4.17. The van der Waals surface area contributed by atoms with Gasteiger partial charge in [-0.1, -0.05) is 27.7 Å². The van der Waals surface area contributed by atoms with E-state index in [-0.39, 0.29) is 0 Å². The first-order valence-corrected chi connectivity index (χ1v) is 7.48. The molecule has 0 aliphatic carbocycles. The van der Waals surface area contributed by atoms with Crippen LogP contribution in [0.3, 0.4) is 0 Å². The van der Waals surface area contributed by atoms with Crippen molar-refractivity contribution in [2.24, 2.45) is 11.8 Å². The number of hydrogen-bond acceptors (Lipinski definition) is 2. The van der Waals surface area contributed by atoms with Crippen molar-refractivity contribution in [3.63, 3.8) is 0 Å². The Morgan fingerprint density at radius 1 is 1.18 bits per heavy atom. The maximum atomic E-state index is 3.50. The first kappa shape index (κ1) is 15.0. The lowest BCUT2D eigenvalue weighted by atomic mass is 9.95. The van der Waals surface area contributed by atoms with Crippen LogP contribution in [0.1, 0.15) is 53.9 Å². The molecule has 0 amide bonds. The molecule has 2 unspecified atom stereocenters. The number of rotatable bonds is 7. The maximum absolute atomic E-state index is 3.50. The van der Waals surface area contributed by atoms with Gasteiger partial charge in [-0.15, -0.1) is 0 Å². The molecular weight excluding hydrogens is 208 g/mol. The van der Waals surface area contributed by atoms with Crippen LogP contribution >= 0.6 is 0 Å². The van der Waals surface area contributed by atoms with E-state index in [9.17, 15) is 0 Å². The van der Waals surface area contributed by atoms with Crippen molar-refractivity contribution in [3.8, 4) is 0 Å². The molecule has 0 saturated carbocycles. The van der Waals surface area contributed by atoms with E-state index in [1.54, 1.807) is 0 Å². The molecule has 1 saturated heterocycles. The average molecular weight is 240 g/mol. The van der Waals surface area contributed by atoms with Gasteiger partial charge < -0.3 is 10.2 Å². The molecule has 0 radical (unpaired) electrons. The van der Waals surface area contributed by atoms with Crippen molar-refractivity contribution in [2.75, 3.05) is 19.6 Å². The lowest BCUT2D eigenvalue weighted by Crippen LogP contribution is -2.32. The quantitative estimate of drug-likeness (QED) is 0.688. The first-order chi connectivity index (χ1) is 8.00. The molecule has 1 N–H and O–H groups in total. The topological polar surface area (TPSA) is 15.3 Å². The molecule has 2 heteroatoms. The molecule has 0 aromatic carbocycles. The van der Waals surface area contributed by atoms with Gasteiger partial charge in [0.25, 0.3) is 0 Å². The lowest BCUT2D eigenvalue weighted by molar-refractivity contribution is 0.225. The maximum Gasteiger partial charge on any atom is 0.00675 e. The summed E-state index contributed by atoms with van der Waals surface area (Å²) in [5.74, 6) is 1.79. The zero-order valence-corrected chi connectivity index (χ0v) is 12.5. The van der Waals surface area contributed by atoms with Gasteiger partial charge in [0.2, 0.25) is 0 Å². The van der Waals surface area contributed by atoms with Crippen molar-refractivity contribution >= 4 is 0 Å². The highest BCUT2D eigenvalue weighted by molar-refractivity contribution is 4.81. The van der Waals surface area contributed by atoms with Gasteiger partial charge in [0, 0.05) is 18.6 Å². The fourth-order valence-corrected chi connectivity index (χ4v) is 2.73. The predicted molar refractivity (Wildman–Crippen MR) is 76.4 cm³/mol. The highest BCUT2D eigenvalue weighted by Gasteiger charge is 2.27. The summed E-state index contributed by atoms with van der Waals surface area (Å²) in [4.78, 5) is 2.69. The standard InChI is InChI=1S/C15H32N2/c1-12(2)15-8-10-17(11-15)14(5)7-6-9-16-13(3)4/h12-16H,6-11H2,1-5H3. The van der Waals surface area contributed by atoms with Crippen molar-refractivity contribution in [1.82, 2.24) is 10.2 Å². The van der Waals surface area contributed by atoms with E-state index in [1.165, 1.54) is 38.9 Å². The van der Waals surface area contributed by atoms with Gasteiger partial charge in [0.05, 0.1) is 0 Å². The van der Waals surface area contributed by atoms with Gasteiger partial charge in [-0.25, -0.2) is 0 Å². The number of likely N-dealkylation sites (tertiary alicyclic amines) is 1. The Labute approximate surface area is 108 Å². The fraction of sp³-hybridized carbons (Fsp3) is 1.00. The summed E-state index contributed by atoms with van der Waals surface area (Å²) in [6.45, 7) is 15.4. The summed E-state index contributed by atoms with van der Waals surface area (Å²) in [7, 11) is 0. The van der Waals surface area contributed by atoms with Gasteiger partial charge in [0.1, 0.15) is 0 Å². The molecule has 0 aromatic heterocycles. The van der Waals surface area contributed by atoms with Crippen molar-refractivity contribution in [2.45, 2.75) is 66.0 Å².